The second-order valence-corrected chi connectivity index (χ2v) is 7.34. The molecular weight excluding hydrogens is 254 g/mol. The molecule has 1 heteroatoms. The first-order valence-electron chi connectivity index (χ1n) is 8.19. The second-order valence-electron chi connectivity index (χ2n) is 7.34. The molecule has 0 unspecified atom stereocenters. The van der Waals surface area contributed by atoms with Gasteiger partial charge >= 0.3 is 0 Å². The molecule has 0 bridgehead atoms. The third kappa shape index (κ3) is 2.20. The average molecular weight is 278 g/mol. The van der Waals surface area contributed by atoms with Crippen LogP contribution in [-0.2, 0) is 13.1 Å². The Morgan fingerprint density at radius 2 is 1.86 bits per heavy atom. The number of fused-ring (bicyclic) bond motifs is 2. The topological polar surface area (TPSA) is 0 Å². The van der Waals surface area contributed by atoms with Crippen LogP contribution in [0, 0.1) is 0 Å². The minimum absolute atomic E-state index is 1.09. The summed E-state index contributed by atoms with van der Waals surface area (Å²) in [6.45, 7) is 2.34. The van der Waals surface area contributed by atoms with E-state index >= 15 is 0 Å². The summed E-state index contributed by atoms with van der Waals surface area (Å²) in [6, 6.07) is 11.4. The molecule has 2 aromatic rings. The van der Waals surface area contributed by atoms with Gasteiger partial charge in [0.05, 0.1) is 14.1 Å². The van der Waals surface area contributed by atoms with E-state index in [0.717, 1.165) is 4.48 Å². The molecule has 0 amide bonds. The van der Waals surface area contributed by atoms with Crippen molar-refractivity contribution in [1.29, 1.82) is 0 Å². The van der Waals surface area contributed by atoms with Crippen molar-refractivity contribution < 1.29 is 4.48 Å². The molecule has 0 spiro atoms. The Kier molecular flexibility index (Phi) is 2.93. The van der Waals surface area contributed by atoms with Crippen molar-refractivity contribution >= 4 is 16.3 Å². The maximum Gasteiger partial charge on any atom is 0.105 e. The summed E-state index contributed by atoms with van der Waals surface area (Å²) >= 11 is 0. The largest absolute Gasteiger partial charge is 0.321 e. The van der Waals surface area contributed by atoms with Crippen LogP contribution in [0.1, 0.15) is 42.4 Å². The maximum atomic E-state index is 2.50. The van der Waals surface area contributed by atoms with Crippen molar-refractivity contribution in [3.05, 3.63) is 53.1 Å². The molecule has 1 aliphatic heterocycles. The highest BCUT2D eigenvalue weighted by molar-refractivity contribution is 5.96. The lowest BCUT2D eigenvalue weighted by atomic mass is 9.86. The summed E-state index contributed by atoms with van der Waals surface area (Å²) in [5.41, 5.74) is 6.37. The zero-order valence-electron chi connectivity index (χ0n) is 13.2. The summed E-state index contributed by atoms with van der Waals surface area (Å²) in [4.78, 5) is 0. The van der Waals surface area contributed by atoms with Crippen molar-refractivity contribution in [3.8, 4) is 0 Å². The Balaban J connectivity index is 2.01. The molecule has 0 N–H and O–H groups in total. The lowest BCUT2D eigenvalue weighted by Gasteiger charge is -2.23. The molecule has 1 nitrogen and oxygen atoms in total. The highest BCUT2D eigenvalue weighted by atomic mass is 15.3. The van der Waals surface area contributed by atoms with E-state index in [1.165, 1.54) is 49.5 Å². The zero-order valence-corrected chi connectivity index (χ0v) is 13.2. The van der Waals surface area contributed by atoms with Crippen molar-refractivity contribution in [2.75, 3.05) is 14.1 Å². The predicted octanol–water partition coefficient (Wildman–Crippen LogP) is 4.89. The highest BCUT2D eigenvalue weighted by Crippen LogP contribution is 2.40. The lowest BCUT2D eigenvalue weighted by Crippen LogP contribution is -2.32. The van der Waals surface area contributed by atoms with E-state index in [0.29, 0.717) is 0 Å². The van der Waals surface area contributed by atoms with Crippen molar-refractivity contribution in [3.63, 3.8) is 0 Å². The third-order valence-electron chi connectivity index (χ3n) is 5.05. The van der Waals surface area contributed by atoms with Crippen LogP contribution >= 0.6 is 0 Å². The summed E-state index contributed by atoms with van der Waals surface area (Å²) in [6.07, 6.45) is 7.73. The minimum Gasteiger partial charge on any atom is -0.321 e. The number of allylic oxidation sites excluding steroid dienone is 2. The van der Waals surface area contributed by atoms with Gasteiger partial charge in [-0.15, -0.1) is 0 Å². The monoisotopic (exact) mass is 278 g/mol. The van der Waals surface area contributed by atoms with E-state index in [9.17, 15) is 0 Å². The first-order valence-corrected chi connectivity index (χ1v) is 8.19. The summed E-state index contributed by atoms with van der Waals surface area (Å²) in [7, 11) is 4.70. The number of quaternary nitrogens is 1. The molecule has 0 saturated carbocycles. The molecule has 0 atom stereocenters. The fraction of sp³-hybridized carbons (Fsp3) is 0.400. The van der Waals surface area contributed by atoms with Crippen LogP contribution in [0.2, 0.25) is 0 Å². The zero-order chi connectivity index (χ0) is 14.4. The van der Waals surface area contributed by atoms with Gasteiger partial charge < -0.3 is 4.48 Å². The van der Waals surface area contributed by atoms with Crippen LogP contribution in [0.15, 0.2) is 36.4 Å². The van der Waals surface area contributed by atoms with E-state index in [4.69, 9.17) is 0 Å². The summed E-state index contributed by atoms with van der Waals surface area (Å²) in [5, 5.41) is 2.88. The van der Waals surface area contributed by atoms with Gasteiger partial charge in [0.25, 0.3) is 0 Å². The highest BCUT2D eigenvalue weighted by Gasteiger charge is 2.31. The van der Waals surface area contributed by atoms with Crippen LogP contribution in [0.4, 0.5) is 0 Å². The number of rotatable bonds is 1. The molecule has 0 fully saturated rings. The number of hydrogen-bond acceptors (Lipinski definition) is 0. The lowest BCUT2D eigenvalue weighted by molar-refractivity contribution is -0.910. The molecule has 21 heavy (non-hydrogen) atoms. The van der Waals surface area contributed by atoms with Gasteiger partial charge in [0.2, 0.25) is 0 Å². The van der Waals surface area contributed by atoms with Gasteiger partial charge in [0.1, 0.15) is 13.1 Å². The van der Waals surface area contributed by atoms with Crippen LogP contribution in [0.3, 0.4) is 0 Å². The van der Waals surface area contributed by atoms with Gasteiger partial charge in [0, 0.05) is 11.1 Å². The maximum absolute atomic E-state index is 2.50. The van der Waals surface area contributed by atoms with Gasteiger partial charge in [-0.25, -0.2) is 0 Å². The standard InChI is InChI=1S/C20H24N/c1-21(2)13-17-12-16-10-6-7-11-18(16)20(19(17)14-21)15-8-4-3-5-9-15/h6-8,10-12H,3-5,9,13-14H2,1-2H3/q+1. The van der Waals surface area contributed by atoms with Gasteiger partial charge in [-0.05, 0) is 53.7 Å². The number of hydrogen-bond donors (Lipinski definition) is 0. The molecule has 2 aromatic carbocycles. The Morgan fingerprint density at radius 3 is 2.67 bits per heavy atom. The molecule has 2 aliphatic rings. The van der Waals surface area contributed by atoms with E-state index in [1.54, 1.807) is 22.3 Å². The second kappa shape index (κ2) is 4.71. The van der Waals surface area contributed by atoms with E-state index in [2.05, 4.69) is 50.5 Å². The summed E-state index contributed by atoms with van der Waals surface area (Å²) in [5.74, 6) is 0. The SMILES string of the molecule is C[N+]1(C)Cc2cc3ccccc3c(C3=CCCCC3)c2C1. The molecular formula is C20H24N+. The predicted molar refractivity (Wildman–Crippen MR) is 89.9 cm³/mol. The van der Waals surface area contributed by atoms with Crippen molar-refractivity contribution in [2.45, 2.75) is 38.8 Å². The fourth-order valence-electron chi connectivity index (χ4n) is 4.15. The quantitative estimate of drug-likeness (QED) is 0.652. The molecule has 1 heterocycles. The van der Waals surface area contributed by atoms with E-state index in [1.807, 2.05) is 0 Å². The average Bonchev–Trinajstić information content (AvgIpc) is 2.78. The Morgan fingerprint density at radius 1 is 1.00 bits per heavy atom. The number of benzene rings is 2. The van der Waals surface area contributed by atoms with Crippen molar-refractivity contribution in [1.82, 2.24) is 0 Å². The molecule has 0 aromatic heterocycles. The molecule has 1 aliphatic carbocycles. The molecule has 0 radical (unpaired) electrons. The van der Waals surface area contributed by atoms with Gasteiger partial charge in [-0.2, -0.15) is 0 Å². The first kappa shape index (κ1) is 13.1. The van der Waals surface area contributed by atoms with Gasteiger partial charge in [-0.1, -0.05) is 30.3 Å². The van der Waals surface area contributed by atoms with Crippen LogP contribution in [0.25, 0.3) is 16.3 Å². The van der Waals surface area contributed by atoms with Gasteiger partial charge in [-0.3, -0.25) is 0 Å². The van der Waals surface area contributed by atoms with Crippen LogP contribution in [0.5, 0.6) is 0 Å². The first-order chi connectivity index (χ1) is 10.1. The molecule has 0 saturated heterocycles. The normalized spacial score (nSPS) is 20.4. The molecule has 108 valence electrons. The Bertz CT molecular complexity index is 737. The Labute approximate surface area is 127 Å². The minimum atomic E-state index is 1.09. The van der Waals surface area contributed by atoms with Crippen molar-refractivity contribution in [2.24, 2.45) is 0 Å². The van der Waals surface area contributed by atoms with E-state index in [-0.39, 0.29) is 0 Å². The third-order valence-corrected chi connectivity index (χ3v) is 5.05. The fourth-order valence-corrected chi connectivity index (χ4v) is 4.15. The Hall–Kier alpha value is -1.60. The van der Waals surface area contributed by atoms with Gasteiger partial charge in [0.15, 0.2) is 0 Å². The smallest absolute Gasteiger partial charge is 0.105 e. The van der Waals surface area contributed by atoms with Crippen LogP contribution < -0.4 is 0 Å². The van der Waals surface area contributed by atoms with E-state index < -0.39 is 0 Å². The van der Waals surface area contributed by atoms with Crippen LogP contribution in [-0.4, -0.2) is 18.6 Å². The molecule has 4 rings (SSSR count). The number of nitrogens with zero attached hydrogens (tertiary/aromatic N) is 1. The summed E-state index contributed by atoms with van der Waals surface area (Å²) < 4.78 is 1.09.